The summed E-state index contributed by atoms with van der Waals surface area (Å²) in [5.74, 6) is -0.130. The van der Waals surface area contributed by atoms with Crippen molar-refractivity contribution in [3.05, 3.63) is 28.3 Å². The predicted octanol–water partition coefficient (Wildman–Crippen LogP) is 0.654. The van der Waals surface area contributed by atoms with Gasteiger partial charge in [0.1, 0.15) is 5.69 Å². The van der Waals surface area contributed by atoms with Gasteiger partial charge in [0.2, 0.25) is 5.91 Å². The summed E-state index contributed by atoms with van der Waals surface area (Å²) in [5, 5.41) is 16.8. The van der Waals surface area contributed by atoms with Gasteiger partial charge in [-0.15, -0.1) is 0 Å². The molecule has 1 saturated carbocycles. The van der Waals surface area contributed by atoms with E-state index in [4.69, 9.17) is 5.73 Å². The number of nitro benzene ring substituents is 1. The number of nitrogens with two attached hydrogens (primary N) is 1. The molecule has 2 unspecified atom stereocenters. The third-order valence-corrected chi connectivity index (χ3v) is 5.29. The molecule has 10 heteroatoms. The molecule has 9 nitrogen and oxygen atoms in total. The van der Waals surface area contributed by atoms with Crippen LogP contribution in [0.15, 0.2) is 23.1 Å². The highest BCUT2D eigenvalue weighted by molar-refractivity contribution is 7.90. The lowest BCUT2D eigenvalue weighted by molar-refractivity contribution is -0.384. The fourth-order valence-corrected chi connectivity index (χ4v) is 3.47. The first-order chi connectivity index (χ1) is 11.7. The first-order valence-electron chi connectivity index (χ1n) is 7.94. The zero-order valence-electron chi connectivity index (χ0n) is 13.9. The van der Waals surface area contributed by atoms with Crippen LogP contribution in [0.25, 0.3) is 0 Å². The fourth-order valence-electron chi connectivity index (χ4n) is 2.82. The van der Waals surface area contributed by atoms with Crippen molar-refractivity contribution in [2.75, 3.05) is 24.7 Å². The maximum absolute atomic E-state index is 12.0. The van der Waals surface area contributed by atoms with Gasteiger partial charge in [0.25, 0.3) is 5.69 Å². The Bertz CT molecular complexity index is 765. The summed E-state index contributed by atoms with van der Waals surface area (Å²) in [6.07, 6.45) is 3.29. The molecule has 1 aromatic rings. The van der Waals surface area contributed by atoms with Gasteiger partial charge in [-0.05, 0) is 31.4 Å². The molecule has 0 bridgehead atoms. The molecule has 138 valence electrons. The summed E-state index contributed by atoms with van der Waals surface area (Å²) in [6, 6.07) is 3.76. The van der Waals surface area contributed by atoms with E-state index in [9.17, 15) is 23.3 Å². The highest BCUT2D eigenvalue weighted by Gasteiger charge is 2.27. The molecule has 0 spiro atoms. The molecule has 1 aliphatic carbocycles. The summed E-state index contributed by atoms with van der Waals surface area (Å²) < 4.78 is 23.0. The second-order valence-corrected chi connectivity index (χ2v) is 8.21. The van der Waals surface area contributed by atoms with Crippen LogP contribution in [0.4, 0.5) is 11.4 Å². The number of anilines is 1. The highest BCUT2D eigenvalue weighted by atomic mass is 32.2. The molecule has 1 amide bonds. The third-order valence-electron chi connectivity index (χ3n) is 4.18. The molecule has 1 aliphatic rings. The SMILES string of the molecule is CS(=O)(=O)c1ccc(NCCNC(=O)C2CCC(N)C2)c([N+](=O)[O-])c1. The van der Waals surface area contributed by atoms with Crippen LogP contribution in [-0.4, -0.2) is 44.6 Å². The quantitative estimate of drug-likeness (QED) is 0.363. The molecule has 1 aromatic carbocycles. The first-order valence-corrected chi connectivity index (χ1v) is 9.83. The van der Waals surface area contributed by atoms with E-state index in [1.165, 1.54) is 12.1 Å². The topological polar surface area (TPSA) is 144 Å². The molecule has 0 saturated heterocycles. The molecule has 25 heavy (non-hydrogen) atoms. The number of amides is 1. The summed E-state index contributed by atoms with van der Waals surface area (Å²) in [6.45, 7) is 0.582. The van der Waals surface area contributed by atoms with E-state index in [2.05, 4.69) is 10.6 Å². The van der Waals surface area contributed by atoms with Crippen LogP contribution in [0.3, 0.4) is 0 Å². The van der Waals surface area contributed by atoms with Crippen LogP contribution >= 0.6 is 0 Å². The Labute approximate surface area is 146 Å². The van der Waals surface area contributed by atoms with Crippen molar-refractivity contribution >= 4 is 27.1 Å². The number of benzene rings is 1. The van der Waals surface area contributed by atoms with E-state index >= 15 is 0 Å². The number of carbonyl (C=O) groups excluding carboxylic acids is 1. The van der Waals surface area contributed by atoms with Gasteiger partial charge in [-0.2, -0.15) is 0 Å². The fraction of sp³-hybridized carbons (Fsp3) is 0.533. The molecule has 2 atom stereocenters. The van der Waals surface area contributed by atoms with Crippen molar-refractivity contribution in [3.63, 3.8) is 0 Å². The standard InChI is InChI=1S/C15H22N4O5S/c1-25(23,24)12-4-5-13(14(9-12)19(21)22)17-6-7-18-15(20)10-2-3-11(16)8-10/h4-5,9-11,17H,2-3,6-8,16H2,1H3,(H,18,20). The van der Waals surface area contributed by atoms with Crippen molar-refractivity contribution in [3.8, 4) is 0 Å². The van der Waals surface area contributed by atoms with Gasteiger partial charge in [-0.25, -0.2) is 8.42 Å². The number of nitrogens with zero attached hydrogens (tertiary/aromatic N) is 1. The van der Waals surface area contributed by atoms with Crippen LogP contribution in [0, 0.1) is 16.0 Å². The van der Waals surface area contributed by atoms with Crippen molar-refractivity contribution in [2.45, 2.75) is 30.2 Å². The lowest BCUT2D eigenvalue weighted by Gasteiger charge is -2.12. The minimum absolute atomic E-state index is 0.0586. The maximum Gasteiger partial charge on any atom is 0.293 e. The Balaban J connectivity index is 1.92. The van der Waals surface area contributed by atoms with Crippen LogP contribution in [0.5, 0.6) is 0 Å². The van der Waals surface area contributed by atoms with Crippen molar-refractivity contribution in [1.82, 2.24) is 5.32 Å². The van der Waals surface area contributed by atoms with Crippen LogP contribution < -0.4 is 16.4 Å². The number of carbonyl (C=O) groups is 1. The lowest BCUT2D eigenvalue weighted by atomic mass is 10.1. The summed E-state index contributed by atoms with van der Waals surface area (Å²) in [7, 11) is -3.53. The van der Waals surface area contributed by atoms with Gasteiger partial charge < -0.3 is 16.4 Å². The van der Waals surface area contributed by atoms with Crippen LogP contribution in [0.2, 0.25) is 0 Å². The first kappa shape index (κ1) is 19.1. The zero-order valence-corrected chi connectivity index (χ0v) is 14.7. The van der Waals surface area contributed by atoms with Gasteiger partial charge in [0.15, 0.2) is 9.84 Å². The number of sulfone groups is 1. The van der Waals surface area contributed by atoms with Gasteiger partial charge in [-0.1, -0.05) is 0 Å². The minimum atomic E-state index is -3.53. The Hall–Kier alpha value is -2.20. The van der Waals surface area contributed by atoms with Crippen molar-refractivity contribution in [1.29, 1.82) is 0 Å². The molecule has 0 heterocycles. The molecule has 0 aromatic heterocycles. The number of rotatable bonds is 7. The highest BCUT2D eigenvalue weighted by Crippen LogP contribution is 2.27. The number of hydrogen-bond acceptors (Lipinski definition) is 7. The molecular weight excluding hydrogens is 348 g/mol. The molecular formula is C15H22N4O5S. The third kappa shape index (κ3) is 5.13. The number of nitrogens with one attached hydrogen (secondary N) is 2. The van der Waals surface area contributed by atoms with E-state index in [-0.39, 0.29) is 40.7 Å². The van der Waals surface area contributed by atoms with Gasteiger partial charge >= 0.3 is 0 Å². The molecule has 0 aliphatic heterocycles. The zero-order chi connectivity index (χ0) is 18.6. The van der Waals surface area contributed by atoms with E-state index in [0.29, 0.717) is 13.0 Å². The van der Waals surface area contributed by atoms with E-state index < -0.39 is 14.8 Å². The van der Waals surface area contributed by atoms with Crippen molar-refractivity contribution < 1.29 is 18.1 Å². The normalized spacial score (nSPS) is 20.2. The maximum atomic E-state index is 12.0. The number of hydrogen-bond donors (Lipinski definition) is 3. The largest absolute Gasteiger partial charge is 0.378 e. The Morgan fingerprint density at radius 1 is 1.36 bits per heavy atom. The second kappa shape index (κ2) is 7.79. The van der Waals surface area contributed by atoms with E-state index in [0.717, 1.165) is 25.2 Å². The van der Waals surface area contributed by atoms with E-state index in [1.807, 2.05) is 0 Å². The lowest BCUT2D eigenvalue weighted by Crippen LogP contribution is -2.33. The predicted molar refractivity (Wildman–Crippen MR) is 93.0 cm³/mol. The molecule has 2 rings (SSSR count). The van der Waals surface area contributed by atoms with Gasteiger partial charge in [0, 0.05) is 37.4 Å². The van der Waals surface area contributed by atoms with Gasteiger partial charge in [-0.3, -0.25) is 14.9 Å². The van der Waals surface area contributed by atoms with Crippen LogP contribution in [0.1, 0.15) is 19.3 Å². The summed E-state index contributed by atoms with van der Waals surface area (Å²) in [4.78, 5) is 22.3. The summed E-state index contributed by atoms with van der Waals surface area (Å²) in [5.41, 5.74) is 5.66. The molecule has 4 N–H and O–H groups in total. The monoisotopic (exact) mass is 370 g/mol. The van der Waals surface area contributed by atoms with Crippen molar-refractivity contribution in [2.24, 2.45) is 11.7 Å². The number of nitro groups is 1. The minimum Gasteiger partial charge on any atom is -0.378 e. The average molecular weight is 370 g/mol. The second-order valence-electron chi connectivity index (χ2n) is 6.20. The molecule has 0 radical (unpaired) electrons. The average Bonchev–Trinajstić information content (AvgIpc) is 2.97. The van der Waals surface area contributed by atoms with Crippen LogP contribution in [-0.2, 0) is 14.6 Å². The van der Waals surface area contributed by atoms with E-state index in [1.54, 1.807) is 0 Å². The Morgan fingerprint density at radius 2 is 2.08 bits per heavy atom. The Morgan fingerprint density at radius 3 is 2.64 bits per heavy atom. The summed E-state index contributed by atoms with van der Waals surface area (Å²) >= 11 is 0. The molecule has 1 fully saturated rings. The Kier molecular flexibility index (Phi) is 5.96. The smallest absolute Gasteiger partial charge is 0.293 e. The van der Waals surface area contributed by atoms with Gasteiger partial charge in [0.05, 0.1) is 9.82 Å².